The van der Waals surface area contributed by atoms with Gasteiger partial charge in [-0.05, 0) is 23.1 Å². The average molecular weight is 223 g/mol. The monoisotopic (exact) mass is 223 g/mol. The highest BCUT2D eigenvalue weighted by atomic mass is 16.9. The van der Waals surface area contributed by atoms with Crippen LogP contribution < -0.4 is 0 Å². The number of pyridine rings is 1. The highest BCUT2D eigenvalue weighted by Crippen LogP contribution is 2.30. The van der Waals surface area contributed by atoms with Gasteiger partial charge in [0.2, 0.25) is 0 Å². The molecule has 0 aliphatic heterocycles. The standard InChI is InChI=1S/C11H15N.NO3/c1-9(11(2,3)4)10-7-5-6-8-12-10;2-1(3)4/h5-8H,1H2,2-4H3;/q;-1. The maximum atomic E-state index is 8.25. The highest BCUT2D eigenvalue weighted by molar-refractivity contribution is 5.64. The minimum absolute atomic E-state index is 0.106. The molecule has 0 fully saturated rings. The summed E-state index contributed by atoms with van der Waals surface area (Å²) in [5.41, 5.74) is 2.18. The molecule has 5 heteroatoms. The Morgan fingerprint density at radius 2 is 1.88 bits per heavy atom. The molecule has 1 aromatic heterocycles. The first-order chi connectivity index (χ1) is 7.25. The van der Waals surface area contributed by atoms with Gasteiger partial charge in [0.1, 0.15) is 0 Å². The first-order valence-electron chi connectivity index (χ1n) is 4.67. The molecule has 0 saturated carbocycles. The summed E-state index contributed by atoms with van der Waals surface area (Å²) in [6, 6.07) is 5.90. The molecular formula is C11H15N2O3-. The Bertz CT molecular complexity index is 351. The van der Waals surface area contributed by atoms with E-state index in [2.05, 4.69) is 32.3 Å². The van der Waals surface area contributed by atoms with E-state index in [0.29, 0.717) is 0 Å². The zero-order valence-corrected chi connectivity index (χ0v) is 9.64. The van der Waals surface area contributed by atoms with E-state index in [1.165, 1.54) is 0 Å². The SMILES string of the molecule is C=C(c1ccccn1)C(C)(C)C.O=[N+]([O-])[O-]. The van der Waals surface area contributed by atoms with Crippen molar-refractivity contribution in [3.8, 4) is 0 Å². The first kappa shape index (κ1) is 14.1. The Hall–Kier alpha value is -1.91. The number of hydrogen-bond donors (Lipinski definition) is 0. The maximum absolute atomic E-state index is 8.25. The lowest BCUT2D eigenvalue weighted by Crippen LogP contribution is -2.08. The van der Waals surface area contributed by atoms with Crippen LogP contribution in [0.4, 0.5) is 0 Å². The predicted molar refractivity (Wildman–Crippen MR) is 63.1 cm³/mol. The molecule has 0 aromatic carbocycles. The molecule has 1 heterocycles. The van der Waals surface area contributed by atoms with Crippen molar-refractivity contribution in [3.63, 3.8) is 0 Å². The van der Waals surface area contributed by atoms with Crippen molar-refractivity contribution in [3.05, 3.63) is 52.0 Å². The summed E-state index contributed by atoms with van der Waals surface area (Å²) >= 11 is 0. The van der Waals surface area contributed by atoms with Gasteiger partial charge in [-0.15, -0.1) is 0 Å². The molecule has 0 bridgehead atoms. The third kappa shape index (κ3) is 5.74. The molecule has 0 aliphatic rings. The van der Waals surface area contributed by atoms with Gasteiger partial charge in [-0.25, -0.2) is 0 Å². The van der Waals surface area contributed by atoms with Crippen LogP contribution in [0.25, 0.3) is 5.57 Å². The van der Waals surface area contributed by atoms with Crippen molar-refractivity contribution in [2.45, 2.75) is 20.8 Å². The number of nitrogens with zero attached hydrogens (tertiary/aromatic N) is 2. The van der Waals surface area contributed by atoms with Crippen LogP contribution >= 0.6 is 0 Å². The van der Waals surface area contributed by atoms with E-state index in [0.717, 1.165) is 11.3 Å². The minimum Gasteiger partial charge on any atom is -0.356 e. The number of aromatic nitrogens is 1. The normalized spacial score (nSPS) is 9.94. The molecule has 0 aliphatic carbocycles. The summed E-state index contributed by atoms with van der Waals surface area (Å²) < 4.78 is 0. The van der Waals surface area contributed by atoms with E-state index in [1.54, 1.807) is 6.20 Å². The van der Waals surface area contributed by atoms with Crippen LogP contribution in [0.1, 0.15) is 26.5 Å². The fourth-order valence-corrected chi connectivity index (χ4v) is 0.925. The highest BCUT2D eigenvalue weighted by Gasteiger charge is 2.16. The van der Waals surface area contributed by atoms with Crippen molar-refractivity contribution in [2.24, 2.45) is 5.41 Å². The summed E-state index contributed by atoms with van der Waals surface area (Å²) in [5.74, 6) is 0. The largest absolute Gasteiger partial charge is 0.356 e. The molecule has 0 saturated heterocycles. The first-order valence-corrected chi connectivity index (χ1v) is 4.67. The molecule has 88 valence electrons. The van der Waals surface area contributed by atoms with Gasteiger partial charge in [-0.1, -0.05) is 33.4 Å². The van der Waals surface area contributed by atoms with Gasteiger partial charge in [0.05, 0.1) is 10.8 Å². The summed E-state index contributed by atoms with van der Waals surface area (Å²) in [6.07, 6.45) is 1.80. The minimum atomic E-state index is -1.75. The summed E-state index contributed by atoms with van der Waals surface area (Å²) in [7, 11) is 0. The molecule has 0 atom stereocenters. The lowest BCUT2D eigenvalue weighted by molar-refractivity contribution is -0.402. The van der Waals surface area contributed by atoms with Gasteiger partial charge in [0.15, 0.2) is 0 Å². The van der Waals surface area contributed by atoms with Crippen molar-refractivity contribution in [1.29, 1.82) is 0 Å². The molecule has 5 nitrogen and oxygen atoms in total. The lowest BCUT2D eigenvalue weighted by atomic mass is 9.85. The Morgan fingerprint density at radius 1 is 1.38 bits per heavy atom. The Labute approximate surface area is 94.6 Å². The second-order valence-electron chi connectivity index (χ2n) is 4.17. The molecule has 1 aromatic rings. The van der Waals surface area contributed by atoms with Gasteiger partial charge >= 0.3 is 0 Å². The maximum Gasteiger partial charge on any atom is 0.0689 e. The van der Waals surface area contributed by atoms with E-state index in [4.69, 9.17) is 15.3 Å². The average Bonchev–Trinajstić information content (AvgIpc) is 2.16. The number of rotatable bonds is 1. The molecule has 0 spiro atoms. The Kier molecular flexibility index (Phi) is 5.15. The second-order valence-corrected chi connectivity index (χ2v) is 4.17. The summed E-state index contributed by atoms with van der Waals surface area (Å²) in [6.45, 7) is 10.5. The van der Waals surface area contributed by atoms with Crippen LogP contribution in [0.5, 0.6) is 0 Å². The quantitative estimate of drug-likeness (QED) is 0.541. The molecule has 0 amide bonds. The van der Waals surface area contributed by atoms with Crippen LogP contribution in [0.3, 0.4) is 0 Å². The Balaban J connectivity index is 0.000000487. The number of allylic oxidation sites excluding steroid dienone is 1. The second kappa shape index (κ2) is 5.85. The molecular weight excluding hydrogens is 208 g/mol. The van der Waals surface area contributed by atoms with Gasteiger partial charge in [-0.2, -0.15) is 0 Å². The van der Waals surface area contributed by atoms with Gasteiger partial charge in [0.25, 0.3) is 0 Å². The summed E-state index contributed by atoms with van der Waals surface area (Å²) in [4.78, 5) is 12.5. The van der Waals surface area contributed by atoms with Gasteiger partial charge in [-0.3, -0.25) is 4.98 Å². The van der Waals surface area contributed by atoms with E-state index in [1.807, 2.05) is 18.2 Å². The third-order valence-electron chi connectivity index (χ3n) is 1.88. The van der Waals surface area contributed by atoms with E-state index in [-0.39, 0.29) is 5.41 Å². The molecule has 1 rings (SSSR count). The third-order valence-corrected chi connectivity index (χ3v) is 1.88. The van der Waals surface area contributed by atoms with E-state index in [9.17, 15) is 0 Å². The van der Waals surface area contributed by atoms with Crippen molar-refractivity contribution in [1.82, 2.24) is 4.98 Å². The fraction of sp³-hybridized carbons (Fsp3) is 0.364. The van der Waals surface area contributed by atoms with Crippen LogP contribution in [0.2, 0.25) is 0 Å². The summed E-state index contributed by atoms with van der Waals surface area (Å²) in [5, 5.41) is 14.8. The van der Waals surface area contributed by atoms with Crippen LogP contribution in [0, 0.1) is 20.7 Å². The molecule has 0 N–H and O–H groups in total. The zero-order valence-electron chi connectivity index (χ0n) is 9.64. The molecule has 16 heavy (non-hydrogen) atoms. The van der Waals surface area contributed by atoms with Crippen LogP contribution in [0.15, 0.2) is 31.0 Å². The van der Waals surface area contributed by atoms with Crippen molar-refractivity contribution in [2.75, 3.05) is 0 Å². The predicted octanol–water partition coefficient (Wildman–Crippen LogP) is 2.90. The topological polar surface area (TPSA) is 79.1 Å². The smallest absolute Gasteiger partial charge is 0.0689 e. The molecule has 0 radical (unpaired) electrons. The fourth-order valence-electron chi connectivity index (χ4n) is 0.925. The van der Waals surface area contributed by atoms with Crippen LogP contribution in [-0.4, -0.2) is 10.1 Å². The van der Waals surface area contributed by atoms with Crippen molar-refractivity contribution >= 4 is 5.57 Å². The molecule has 0 unspecified atom stereocenters. The van der Waals surface area contributed by atoms with E-state index >= 15 is 0 Å². The van der Waals surface area contributed by atoms with Gasteiger partial charge < -0.3 is 15.3 Å². The van der Waals surface area contributed by atoms with E-state index < -0.39 is 5.09 Å². The lowest BCUT2D eigenvalue weighted by Gasteiger charge is -2.20. The Morgan fingerprint density at radius 3 is 2.19 bits per heavy atom. The van der Waals surface area contributed by atoms with Crippen LogP contribution in [-0.2, 0) is 0 Å². The van der Waals surface area contributed by atoms with Crippen molar-refractivity contribution < 1.29 is 5.09 Å². The number of hydrogen-bond acceptors (Lipinski definition) is 4. The van der Waals surface area contributed by atoms with Gasteiger partial charge in [0, 0.05) is 6.20 Å². The zero-order chi connectivity index (χ0) is 12.8.